The fourth-order valence-electron chi connectivity index (χ4n) is 3.75. The summed E-state index contributed by atoms with van der Waals surface area (Å²) in [6, 6.07) is 2.88. The highest BCUT2D eigenvalue weighted by Gasteiger charge is 2.42. The van der Waals surface area contributed by atoms with Gasteiger partial charge in [0.05, 0.1) is 4.92 Å². The zero-order valence-electron chi connectivity index (χ0n) is 19.2. The minimum Gasteiger partial charge on any atom is -0.459 e. The van der Waals surface area contributed by atoms with Gasteiger partial charge in [0.25, 0.3) is 11.6 Å². The number of carbonyl (C=O) groups is 1. The highest BCUT2D eigenvalue weighted by Crippen LogP contribution is 2.42. The van der Waals surface area contributed by atoms with Crippen LogP contribution in [0.15, 0.2) is 30.2 Å². The molecule has 3 N–H and O–H groups in total. The van der Waals surface area contributed by atoms with Crippen molar-refractivity contribution in [2.75, 3.05) is 31.6 Å². The van der Waals surface area contributed by atoms with Crippen LogP contribution in [0.3, 0.4) is 0 Å². The summed E-state index contributed by atoms with van der Waals surface area (Å²) >= 11 is 0. The predicted octanol–water partition coefficient (Wildman–Crippen LogP) is 2.85. The van der Waals surface area contributed by atoms with Crippen molar-refractivity contribution in [1.82, 2.24) is 10.3 Å². The minimum atomic E-state index is -0.552. The second-order valence-electron chi connectivity index (χ2n) is 8.74. The Bertz CT molecular complexity index is 791. The molecule has 0 saturated heterocycles. The topological polar surface area (TPSA) is 136 Å². The third kappa shape index (κ3) is 7.16. The van der Waals surface area contributed by atoms with Crippen LogP contribution in [0.2, 0.25) is 0 Å². The molecule has 0 spiro atoms. The maximum Gasteiger partial charge on any atom is 0.287 e. The average Bonchev–Trinajstić information content (AvgIpc) is 2.75. The summed E-state index contributed by atoms with van der Waals surface area (Å²) in [6.45, 7) is 9.49. The molecule has 10 nitrogen and oxygen atoms in total. The predicted molar refractivity (Wildman–Crippen MR) is 120 cm³/mol. The Morgan fingerprint density at radius 1 is 1.34 bits per heavy atom. The SMILES string of the molecule is CCO[C@@H]1OC(C(=O)NCCNc2ccc([N+](=O)[O-])cn2)=C[C@H](C(C)(C)C)[C@@H]1CCCO. The number of amides is 1. The van der Waals surface area contributed by atoms with E-state index in [1.165, 1.54) is 18.3 Å². The number of hydrogen-bond donors (Lipinski definition) is 3. The van der Waals surface area contributed by atoms with E-state index in [4.69, 9.17) is 9.47 Å². The molecule has 32 heavy (non-hydrogen) atoms. The van der Waals surface area contributed by atoms with Crippen LogP contribution in [0.5, 0.6) is 0 Å². The number of aliphatic hydroxyl groups is 1. The first-order valence-electron chi connectivity index (χ1n) is 10.9. The number of ether oxygens (including phenoxy) is 2. The fourth-order valence-corrected chi connectivity index (χ4v) is 3.75. The van der Waals surface area contributed by atoms with Crippen LogP contribution >= 0.6 is 0 Å². The summed E-state index contributed by atoms with van der Waals surface area (Å²) in [4.78, 5) is 26.9. The molecule has 1 aliphatic heterocycles. The first-order chi connectivity index (χ1) is 15.2. The zero-order chi connectivity index (χ0) is 23.7. The van der Waals surface area contributed by atoms with Gasteiger partial charge in [0.2, 0.25) is 6.29 Å². The Morgan fingerprint density at radius 2 is 2.09 bits per heavy atom. The molecule has 0 radical (unpaired) electrons. The van der Waals surface area contributed by atoms with Crippen molar-refractivity contribution in [1.29, 1.82) is 0 Å². The Kier molecular flexibility index (Phi) is 9.40. The summed E-state index contributed by atoms with van der Waals surface area (Å²) in [5.41, 5.74) is -0.201. The molecule has 2 heterocycles. The number of nitrogens with one attached hydrogen (secondary N) is 2. The molecule has 10 heteroatoms. The Hall–Kier alpha value is -2.72. The normalized spacial score (nSPS) is 20.8. The second-order valence-corrected chi connectivity index (χ2v) is 8.74. The summed E-state index contributed by atoms with van der Waals surface area (Å²) in [6.07, 6.45) is 3.87. The van der Waals surface area contributed by atoms with Crippen LogP contribution in [0.1, 0.15) is 40.5 Å². The van der Waals surface area contributed by atoms with Crippen LogP contribution in [-0.2, 0) is 14.3 Å². The lowest BCUT2D eigenvalue weighted by Gasteiger charge is -2.42. The van der Waals surface area contributed by atoms with Crippen LogP contribution in [0.4, 0.5) is 11.5 Å². The summed E-state index contributed by atoms with van der Waals surface area (Å²) in [5.74, 6) is 0.463. The van der Waals surface area contributed by atoms with Crippen molar-refractivity contribution in [3.05, 3.63) is 40.3 Å². The molecule has 0 fully saturated rings. The van der Waals surface area contributed by atoms with E-state index < -0.39 is 11.2 Å². The van der Waals surface area contributed by atoms with Crippen LogP contribution in [0.25, 0.3) is 0 Å². The molecule has 0 aromatic carbocycles. The number of carbonyl (C=O) groups excluding carboxylic acids is 1. The van der Waals surface area contributed by atoms with Crippen molar-refractivity contribution in [2.24, 2.45) is 17.3 Å². The lowest BCUT2D eigenvalue weighted by molar-refractivity contribution is -0.385. The van der Waals surface area contributed by atoms with E-state index >= 15 is 0 Å². The third-order valence-corrected chi connectivity index (χ3v) is 5.31. The van der Waals surface area contributed by atoms with Crippen LogP contribution in [-0.4, -0.2) is 53.5 Å². The molecule has 1 amide bonds. The Labute approximate surface area is 188 Å². The molecule has 0 unspecified atom stereocenters. The maximum atomic E-state index is 12.8. The first-order valence-corrected chi connectivity index (χ1v) is 10.9. The number of nitro groups is 1. The van der Waals surface area contributed by atoms with Gasteiger partial charge in [-0.1, -0.05) is 20.8 Å². The van der Waals surface area contributed by atoms with Gasteiger partial charge in [-0.05, 0) is 43.2 Å². The molecule has 1 aromatic rings. The van der Waals surface area contributed by atoms with Crippen molar-refractivity contribution >= 4 is 17.4 Å². The number of hydrogen-bond acceptors (Lipinski definition) is 8. The summed E-state index contributed by atoms with van der Waals surface area (Å²) in [7, 11) is 0. The van der Waals surface area contributed by atoms with Gasteiger partial charge in [-0.3, -0.25) is 14.9 Å². The van der Waals surface area contributed by atoms with Gasteiger partial charge >= 0.3 is 0 Å². The quantitative estimate of drug-likeness (QED) is 0.266. The van der Waals surface area contributed by atoms with Gasteiger partial charge in [0.15, 0.2) is 5.76 Å². The van der Waals surface area contributed by atoms with E-state index in [9.17, 15) is 20.0 Å². The van der Waals surface area contributed by atoms with Gasteiger partial charge in [0.1, 0.15) is 12.0 Å². The molecule has 0 aliphatic carbocycles. The van der Waals surface area contributed by atoms with Crippen molar-refractivity contribution in [3.63, 3.8) is 0 Å². The summed E-state index contributed by atoms with van der Waals surface area (Å²) in [5, 5.41) is 25.8. The standard InChI is InChI=1S/C22H34N4O6/c1-5-31-21-16(7-6-12-27)17(22(2,3)4)13-18(32-21)20(28)24-11-10-23-19-9-8-15(14-25-19)26(29)30/h8-9,13-14,16-17,21,27H,5-7,10-12H2,1-4H3,(H,23,25)(H,24,28)/t16-,17-,21+/m0/s1. The van der Waals surface area contributed by atoms with Gasteiger partial charge in [-0.15, -0.1) is 0 Å². The minimum absolute atomic E-state index is 0.0357. The molecular formula is C22H34N4O6. The largest absolute Gasteiger partial charge is 0.459 e. The van der Waals surface area contributed by atoms with Crippen LogP contribution < -0.4 is 10.6 Å². The van der Waals surface area contributed by atoms with E-state index in [-0.39, 0.29) is 41.2 Å². The summed E-state index contributed by atoms with van der Waals surface area (Å²) < 4.78 is 11.7. The van der Waals surface area contributed by atoms with Crippen molar-refractivity contribution in [3.8, 4) is 0 Å². The van der Waals surface area contributed by atoms with Gasteiger partial charge in [0, 0.05) is 38.3 Å². The molecule has 178 valence electrons. The van der Waals surface area contributed by atoms with Gasteiger partial charge in [-0.25, -0.2) is 4.98 Å². The number of rotatable bonds is 11. The highest BCUT2D eigenvalue weighted by atomic mass is 16.7. The first kappa shape index (κ1) is 25.5. The van der Waals surface area contributed by atoms with Crippen LogP contribution in [0, 0.1) is 27.4 Å². The molecule has 2 rings (SSSR count). The molecule has 1 aromatic heterocycles. The lowest BCUT2D eigenvalue weighted by atomic mass is 9.70. The lowest BCUT2D eigenvalue weighted by Crippen LogP contribution is -2.44. The Balaban J connectivity index is 1.99. The number of pyridine rings is 1. The van der Waals surface area contributed by atoms with E-state index in [0.717, 1.165) is 6.42 Å². The van der Waals surface area contributed by atoms with E-state index in [1.807, 2.05) is 13.0 Å². The van der Waals surface area contributed by atoms with Gasteiger partial charge < -0.3 is 25.2 Å². The smallest absolute Gasteiger partial charge is 0.287 e. The Morgan fingerprint density at radius 3 is 2.66 bits per heavy atom. The fraction of sp³-hybridized carbons (Fsp3) is 0.636. The number of nitrogens with zero attached hydrogens (tertiary/aromatic N) is 2. The zero-order valence-corrected chi connectivity index (χ0v) is 19.2. The molecule has 1 aliphatic rings. The molecule has 0 bridgehead atoms. The molecule has 0 saturated carbocycles. The van der Waals surface area contributed by atoms with E-state index in [1.54, 1.807) is 0 Å². The maximum absolute atomic E-state index is 12.8. The number of aromatic nitrogens is 1. The number of allylic oxidation sites excluding steroid dienone is 1. The van der Waals surface area contributed by atoms with E-state index in [2.05, 4.69) is 36.4 Å². The number of aliphatic hydroxyl groups excluding tert-OH is 1. The van der Waals surface area contributed by atoms with Crippen molar-refractivity contribution < 1.29 is 24.3 Å². The van der Waals surface area contributed by atoms with Gasteiger partial charge in [-0.2, -0.15) is 0 Å². The third-order valence-electron chi connectivity index (χ3n) is 5.31. The van der Waals surface area contributed by atoms with E-state index in [0.29, 0.717) is 31.9 Å². The average molecular weight is 451 g/mol. The molecular weight excluding hydrogens is 416 g/mol. The monoisotopic (exact) mass is 450 g/mol. The second kappa shape index (κ2) is 11.8. The van der Waals surface area contributed by atoms with Crippen molar-refractivity contribution in [2.45, 2.75) is 46.8 Å². The molecule has 3 atom stereocenters. The number of anilines is 1. The highest BCUT2D eigenvalue weighted by molar-refractivity contribution is 5.91.